The Kier molecular flexibility index (Phi) is 8.25. The summed E-state index contributed by atoms with van der Waals surface area (Å²) in [7, 11) is 0. The zero-order valence-electron chi connectivity index (χ0n) is 20.6. The lowest BCUT2D eigenvalue weighted by Crippen LogP contribution is -2.35. The van der Waals surface area contributed by atoms with Gasteiger partial charge in [-0.25, -0.2) is 9.79 Å². The van der Waals surface area contributed by atoms with Crippen molar-refractivity contribution in [3.8, 4) is 5.75 Å². The number of guanidine groups is 1. The van der Waals surface area contributed by atoms with Crippen LogP contribution in [-0.4, -0.2) is 46.3 Å². The average Bonchev–Trinajstić information content (AvgIpc) is 3.35. The number of amides is 2. The van der Waals surface area contributed by atoms with Gasteiger partial charge in [0.2, 0.25) is 0 Å². The average molecular weight is 560 g/mol. The lowest BCUT2D eigenvalue weighted by Gasteiger charge is -2.21. The Hall–Kier alpha value is -5.43. The second-order valence-electron chi connectivity index (χ2n) is 8.43. The number of fused-ring (bicyclic) bond motifs is 1. The van der Waals surface area contributed by atoms with Crippen molar-refractivity contribution in [2.45, 2.75) is 6.54 Å². The van der Waals surface area contributed by atoms with Gasteiger partial charge in [-0.2, -0.15) is 0 Å². The van der Waals surface area contributed by atoms with Gasteiger partial charge in [0.1, 0.15) is 12.3 Å². The summed E-state index contributed by atoms with van der Waals surface area (Å²) in [6.07, 6.45) is 0. The first-order chi connectivity index (χ1) is 19.1. The number of hydrogen-bond acceptors (Lipinski definition) is 8. The van der Waals surface area contributed by atoms with E-state index in [1.807, 2.05) is 0 Å². The van der Waals surface area contributed by atoms with Crippen LogP contribution >= 0.6 is 11.3 Å². The SMILES string of the molecule is NC(N)=Nc1ccc(C(=O)Oc2ccc3c(C(=O)N(CC(=O)O)Cc4cccc(C(=O)N=O)c4)csc3c2)cc1. The lowest BCUT2D eigenvalue weighted by atomic mass is 10.1. The van der Waals surface area contributed by atoms with Crippen LogP contribution in [0.1, 0.15) is 36.6 Å². The van der Waals surface area contributed by atoms with Gasteiger partial charge in [0.25, 0.3) is 5.91 Å². The number of carbonyl (C=O) groups excluding carboxylic acids is 3. The molecule has 13 heteroatoms. The first-order valence-electron chi connectivity index (χ1n) is 11.6. The molecule has 4 aromatic rings. The maximum absolute atomic E-state index is 13.4. The Labute approximate surface area is 230 Å². The van der Waals surface area contributed by atoms with Gasteiger partial charge in [-0.15, -0.1) is 16.2 Å². The molecule has 1 heterocycles. The van der Waals surface area contributed by atoms with Crippen molar-refractivity contribution < 1.29 is 29.0 Å². The fourth-order valence-corrected chi connectivity index (χ4v) is 4.80. The summed E-state index contributed by atoms with van der Waals surface area (Å²) >= 11 is 1.22. The number of carbonyl (C=O) groups is 4. The molecule has 0 saturated carbocycles. The molecule has 0 unspecified atom stereocenters. The summed E-state index contributed by atoms with van der Waals surface area (Å²) in [5.74, 6) is -3.22. The number of nitroso groups, excluding NO2 is 1. The van der Waals surface area contributed by atoms with Crippen LogP contribution in [0, 0.1) is 4.91 Å². The molecule has 0 fully saturated rings. The summed E-state index contributed by atoms with van der Waals surface area (Å²) in [6, 6.07) is 16.8. The van der Waals surface area contributed by atoms with E-state index < -0.39 is 30.3 Å². The maximum atomic E-state index is 13.4. The lowest BCUT2D eigenvalue weighted by molar-refractivity contribution is -0.137. The molecule has 0 saturated heterocycles. The number of aliphatic carboxylic acids is 1. The first-order valence-corrected chi connectivity index (χ1v) is 12.4. The largest absolute Gasteiger partial charge is 0.480 e. The molecule has 3 aromatic carbocycles. The molecule has 202 valence electrons. The van der Waals surface area contributed by atoms with Crippen molar-refractivity contribution in [2.24, 2.45) is 21.6 Å². The highest BCUT2D eigenvalue weighted by Crippen LogP contribution is 2.31. The Morgan fingerprint density at radius 2 is 1.70 bits per heavy atom. The van der Waals surface area contributed by atoms with Gasteiger partial charge in [-0.3, -0.25) is 14.4 Å². The third-order valence-electron chi connectivity index (χ3n) is 5.59. The number of esters is 1. The minimum absolute atomic E-state index is 0.0305. The van der Waals surface area contributed by atoms with E-state index in [4.69, 9.17) is 16.2 Å². The second kappa shape index (κ2) is 12.0. The number of thiophene rings is 1. The van der Waals surface area contributed by atoms with Crippen molar-refractivity contribution in [1.82, 2.24) is 4.90 Å². The van der Waals surface area contributed by atoms with E-state index in [0.717, 1.165) is 4.90 Å². The molecule has 40 heavy (non-hydrogen) atoms. The topological polar surface area (TPSA) is 195 Å². The molecular weight excluding hydrogens is 538 g/mol. The Bertz CT molecular complexity index is 1660. The number of carboxylic acid groups (broad SMARTS) is 1. The minimum atomic E-state index is -1.23. The van der Waals surface area contributed by atoms with Gasteiger partial charge in [-0.1, -0.05) is 12.1 Å². The Balaban J connectivity index is 1.54. The Morgan fingerprint density at radius 3 is 2.38 bits per heavy atom. The molecule has 0 aliphatic rings. The fraction of sp³-hybridized carbons (Fsp3) is 0.0741. The van der Waals surface area contributed by atoms with Crippen LogP contribution in [0.5, 0.6) is 5.75 Å². The fourth-order valence-electron chi connectivity index (χ4n) is 3.83. The Morgan fingerprint density at radius 1 is 0.950 bits per heavy atom. The summed E-state index contributed by atoms with van der Waals surface area (Å²) in [5.41, 5.74) is 12.2. The monoisotopic (exact) mass is 559 g/mol. The third kappa shape index (κ3) is 6.52. The highest BCUT2D eigenvalue weighted by molar-refractivity contribution is 7.17. The third-order valence-corrected chi connectivity index (χ3v) is 6.54. The molecule has 5 N–H and O–H groups in total. The molecule has 0 spiro atoms. The van der Waals surface area contributed by atoms with E-state index in [-0.39, 0.29) is 34.9 Å². The van der Waals surface area contributed by atoms with Gasteiger partial charge >= 0.3 is 17.8 Å². The number of carboxylic acids is 1. The molecule has 12 nitrogen and oxygen atoms in total. The van der Waals surface area contributed by atoms with E-state index in [1.54, 1.807) is 35.7 Å². The molecule has 0 atom stereocenters. The summed E-state index contributed by atoms with van der Waals surface area (Å²) < 4.78 is 6.11. The van der Waals surface area contributed by atoms with Crippen LogP contribution in [0.15, 0.2) is 82.3 Å². The number of hydrogen-bond donors (Lipinski definition) is 3. The van der Waals surface area contributed by atoms with Crippen LogP contribution in [0.2, 0.25) is 0 Å². The summed E-state index contributed by atoms with van der Waals surface area (Å²) in [4.78, 5) is 64.7. The van der Waals surface area contributed by atoms with Crippen LogP contribution in [0.4, 0.5) is 5.69 Å². The van der Waals surface area contributed by atoms with Crippen LogP contribution < -0.4 is 16.2 Å². The molecule has 0 aliphatic heterocycles. The number of nitrogens with zero attached hydrogens (tertiary/aromatic N) is 3. The van der Waals surface area contributed by atoms with Crippen LogP contribution in [0.3, 0.4) is 0 Å². The van der Waals surface area contributed by atoms with Gasteiger partial charge in [0, 0.05) is 32.8 Å². The van der Waals surface area contributed by atoms with Crippen molar-refractivity contribution in [1.29, 1.82) is 0 Å². The van der Waals surface area contributed by atoms with Crippen molar-refractivity contribution in [3.05, 3.63) is 99.3 Å². The second-order valence-corrected chi connectivity index (χ2v) is 9.34. The zero-order valence-corrected chi connectivity index (χ0v) is 21.5. The number of aliphatic imine (C=N–C) groups is 1. The van der Waals surface area contributed by atoms with Gasteiger partial charge in [-0.05, 0) is 60.2 Å². The standard InChI is InChI=1S/C27H21N5O7S/c28-27(29)30-18-6-4-16(5-7-18)26(37)39-19-8-9-20-21(14-40-22(20)11-19)25(36)32(13-23(33)34)12-15-2-1-3-17(10-15)24(35)31-38/h1-11,14H,12-13H2,(H,33,34)(H4,28,29,30). The smallest absolute Gasteiger partial charge is 0.343 e. The quantitative estimate of drug-likeness (QED) is 0.0901. The molecule has 0 bridgehead atoms. The van der Waals surface area contributed by atoms with Gasteiger partial charge in [0.05, 0.1) is 16.8 Å². The normalized spacial score (nSPS) is 10.5. The van der Waals surface area contributed by atoms with E-state index in [1.165, 1.54) is 47.7 Å². The molecule has 0 aliphatic carbocycles. The van der Waals surface area contributed by atoms with Crippen molar-refractivity contribution in [2.75, 3.05) is 6.54 Å². The van der Waals surface area contributed by atoms with Crippen LogP contribution in [-0.2, 0) is 11.3 Å². The predicted molar refractivity (Wildman–Crippen MR) is 148 cm³/mol. The molecule has 1 aromatic heterocycles. The first kappa shape index (κ1) is 27.6. The molecule has 2 amide bonds. The van der Waals surface area contributed by atoms with E-state index >= 15 is 0 Å². The number of rotatable bonds is 9. The summed E-state index contributed by atoms with van der Waals surface area (Å²) in [5, 5.41) is 13.9. The molecule has 4 rings (SSSR count). The van der Waals surface area contributed by atoms with Gasteiger partial charge in [0.15, 0.2) is 5.96 Å². The number of benzene rings is 3. The van der Waals surface area contributed by atoms with Crippen LogP contribution in [0.25, 0.3) is 10.1 Å². The minimum Gasteiger partial charge on any atom is -0.480 e. The van der Waals surface area contributed by atoms with Gasteiger partial charge < -0.3 is 26.2 Å². The maximum Gasteiger partial charge on any atom is 0.343 e. The van der Waals surface area contributed by atoms with E-state index in [2.05, 4.69) is 10.2 Å². The van der Waals surface area contributed by atoms with Crippen molar-refractivity contribution >= 4 is 56.8 Å². The molecular formula is C27H21N5O7S. The van der Waals surface area contributed by atoms with E-state index in [0.29, 0.717) is 21.3 Å². The highest BCUT2D eigenvalue weighted by Gasteiger charge is 2.23. The zero-order chi connectivity index (χ0) is 28.8. The highest BCUT2D eigenvalue weighted by atomic mass is 32.1. The van der Waals surface area contributed by atoms with E-state index in [9.17, 15) is 29.2 Å². The summed E-state index contributed by atoms with van der Waals surface area (Å²) in [6.45, 7) is -0.724. The molecule has 0 radical (unpaired) electrons. The number of nitrogens with two attached hydrogens (primary N) is 2. The predicted octanol–water partition coefficient (Wildman–Crippen LogP) is 3.66. The van der Waals surface area contributed by atoms with Crippen molar-refractivity contribution in [3.63, 3.8) is 0 Å². The number of ether oxygens (including phenoxy) is 1.